The van der Waals surface area contributed by atoms with Crippen LogP contribution in [0.3, 0.4) is 0 Å². The number of fused-ring (bicyclic) bond motifs is 1. The van der Waals surface area contributed by atoms with Gasteiger partial charge in [0, 0.05) is 31.8 Å². The molecular formula is C41H63O23+. The van der Waals surface area contributed by atoms with Gasteiger partial charge in [0.2, 0.25) is 0 Å². The number of allylic oxidation sites excluding steroid dienone is 1. The molecule has 64 heavy (non-hydrogen) atoms. The Bertz CT molecular complexity index is 1590. The minimum absolute atomic E-state index is 0.00694. The molecule has 0 radical (unpaired) electrons. The van der Waals surface area contributed by atoms with Crippen LogP contribution in [-0.4, -0.2) is 214 Å². The molecule has 6 fully saturated rings. The van der Waals surface area contributed by atoms with Gasteiger partial charge in [0.05, 0.1) is 36.4 Å². The lowest BCUT2D eigenvalue weighted by Gasteiger charge is -2.50. The number of carbonyl (C=O) groups is 4. The quantitative estimate of drug-likeness (QED) is 0.0257. The first-order chi connectivity index (χ1) is 30.3. The third kappa shape index (κ3) is 12.5. The van der Waals surface area contributed by atoms with Gasteiger partial charge in [-0.05, 0) is 50.9 Å². The summed E-state index contributed by atoms with van der Waals surface area (Å²) in [5, 5.41) is 117. The Labute approximate surface area is 367 Å². The molecule has 0 bridgehead atoms. The van der Waals surface area contributed by atoms with Gasteiger partial charge in [-0.25, -0.2) is 4.79 Å². The summed E-state index contributed by atoms with van der Waals surface area (Å²) < 4.78 is 44.9. The highest BCUT2D eigenvalue weighted by molar-refractivity contribution is 5.90. The number of aliphatic hydroxyl groups excluding tert-OH is 10. The van der Waals surface area contributed by atoms with E-state index in [1.165, 1.54) is 6.08 Å². The maximum absolute atomic E-state index is 12.6. The zero-order valence-electron chi connectivity index (χ0n) is 35.2. The standard InChI is InChI=1S/C41H62O23/c1-16(42)59-39-28(15-58-31(50)13-29(47)48)64-41(37(56)35(39)54)61-25-11-20(44)10-24-21(25)12-26(38(60-24)18-8-22(45)32(51)23(46)9-18)62-40-36(55)34(53)33(52)27(63-40)14-57-30(49)7-4-17-2-5-19(43)6-3-17/h4,7,17-28,32-41,43-46,51-56H,2-3,5-6,8-15H2,1H3,(H,47,48)/p+1/t17?,18?,19?,20?,21?,22?,23?,24?,25?,26?,27-,28-,32?,33-,34+,35-,36-,37-,38?,39-,40-,41-/m1/s1. The molecule has 6 rings (SSSR count). The summed E-state index contributed by atoms with van der Waals surface area (Å²) in [6.07, 6.45) is -21.9. The highest BCUT2D eigenvalue weighted by Crippen LogP contribution is 2.44. The number of ether oxygens (including phenoxy) is 8. The van der Waals surface area contributed by atoms with Crippen molar-refractivity contribution in [2.45, 2.75) is 187 Å². The Morgan fingerprint density at radius 3 is 1.91 bits per heavy atom. The normalized spacial score (nSPS) is 45.2. The van der Waals surface area contributed by atoms with Gasteiger partial charge in [0.15, 0.2) is 30.9 Å². The lowest BCUT2D eigenvalue weighted by molar-refractivity contribution is -0.368. The smallest absolute Gasteiger partial charge is 0.330 e. The molecule has 3 heterocycles. The number of hydrogen-bond acceptors (Lipinski definition) is 21. The molecule has 0 spiro atoms. The van der Waals surface area contributed by atoms with Crippen molar-refractivity contribution in [3.05, 3.63) is 12.2 Å². The molecule has 12 N–H and O–H groups in total. The van der Waals surface area contributed by atoms with Gasteiger partial charge in [-0.1, -0.05) is 6.08 Å². The lowest BCUT2D eigenvalue weighted by atomic mass is 9.72. The molecule has 0 amide bonds. The van der Waals surface area contributed by atoms with E-state index in [1.54, 1.807) is 6.08 Å². The van der Waals surface area contributed by atoms with E-state index < -0.39 is 166 Å². The topological polar surface area (TPSA) is 368 Å². The average molecular weight is 924 g/mol. The van der Waals surface area contributed by atoms with E-state index in [4.69, 9.17) is 43.0 Å². The molecule has 3 saturated carbocycles. The van der Waals surface area contributed by atoms with E-state index in [9.17, 15) is 70.2 Å². The van der Waals surface area contributed by atoms with Gasteiger partial charge in [0.1, 0.15) is 74.6 Å². The molecule has 18 atom stereocenters. The van der Waals surface area contributed by atoms with Crippen LogP contribution in [0.25, 0.3) is 0 Å². The first kappa shape index (κ1) is 50.4. The molecule has 3 aliphatic carbocycles. The zero-order valence-corrected chi connectivity index (χ0v) is 35.2. The molecule has 0 aromatic rings. The summed E-state index contributed by atoms with van der Waals surface area (Å²) in [4.78, 5) is 47.6. The summed E-state index contributed by atoms with van der Waals surface area (Å²) in [6.45, 7) is -0.254. The highest BCUT2D eigenvalue weighted by Gasteiger charge is 2.57. The number of hydrogen-bond donors (Lipinski definition) is 11. The molecule has 0 aromatic heterocycles. The average Bonchev–Trinajstić information content (AvgIpc) is 3.23. The first-order valence-electron chi connectivity index (χ1n) is 21.8. The largest absolute Gasteiger partial charge is 0.481 e. The monoisotopic (exact) mass is 923 g/mol. The summed E-state index contributed by atoms with van der Waals surface area (Å²) in [7, 11) is 0. The van der Waals surface area contributed by atoms with Gasteiger partial charge in [-0.15, -0.1) is 0 Å². The van der Waals surface area contributed by atoms with Gasteiger partial charge in [-0.2, -0.15) is 0 Å². The van der Waals surface area contributed by atoms with Crippen LogP contribution in [0.2, 0.25) is 0 Å². The van der Waals surface area contributed by atoms with Crippen LogP contribution < -0.4 is 0 Å². The first-order valence-corrected chi connectivity index (χ1v) is 21.8. The second-order valence-electron chi connectivity index (χ2n) is 17.9. The summed E-state index contributed by atoms with van der Waals surface area (Å²) in [6, 6.07) is 0. The maximum Gasteiger partial charge on any atom is 0.330 e. The van der Waals surface area contributed by atoms with Crippen molar-refractivity contribution in [2.24, 2.45) is 17.8 Å². The van der Waals surface area contributed by atoms with Crippen molar-refractivity contribution in [1.82, 2.24) is 0 Å². The fourth-order valence-corrected chi connectivity index (χ4v) is 9.77. The van der Waals surface area contributed by atoms with Gasteiger partial charge >= 0.3 is 23.9 Å². The number of aliphatic carboxylic acids is 1. The zero-order chi connectivity index (χ0) is 46.6. The van der Waals surface area contributed by atoms with Crippen LogP contribution in [0, 0.1) is 17.8 Å². The SMILES string of the molecule is CC(=O)O[C@H]1[C@H](O)[C@@H](O)[C@H](OC2CC(O)CC3[OH+]C(C4CC(O)C(O)C(O)C4)C(O[C@@H]4O[C@H](COC(=O)C=CC5CCC(O)CC5)[C@@H](O)[C@H](O)[C@H]4O)CC23)O[C@@H]1COC(=O)CC(=O)O. The third-order valence-corrected chi connectivity index (χ3v) is 13.2. The van der Waals surface area contributed by atoms with Crippen molar-refractivity contribution >= 4 is 23.9 Å². The third-order valence-electron chi connectivity index (χ3n) is 13.2. The second-order valence-corrected chi connectivity index (χ2v) is 17.9. The summed E-state index contributed by atoms with van der Waals surface area (Å²) in [5.41, 5.74) is 0. The number of carbonyl (C=O) groups excluding carboxylic acids is 3. The van der Waals surface area contributed by atoms with Gasteiger partial charge < -0.3 is 94.1 Å². The molecule has 6 aliphatic rings. The van der Waals surface area contributed by atoms with Crippen LogP contribution in [0.5, 0.6) is 0 Å². The molecule has 23 nitrogen and oxygen atoms in total. The van der Waals surface area contributed by atoms with Crippen LogP contribution in [0.1, 0.15) is 71.1 Å². The minimum Gasteiger partial charge on any atom is -0.481 e. The van der Waals surface area contributed by atoms with E-state index in [0.717, 1.165) is 6.92 Å². The molecular weight excluding hydrogens is 860 g/mol. The van der Waals surface area contributed by atoms with Gasteiger partial charge in [0.25, 0.3) is 0 Å². The predicted octanol–water partition coefficient (Wildman–Crippen LogP) is -4.46. The Hall–Kier alpha value is -2.98. The van der Waals surface area contributed by atoms with Crippen molar-refractivity contribution in [2.75, 3.05) is 13.2 Å². The number of aliphatic hydroxyl groups is 12. The van der Waals surface area contributed by atoms with Crippen LogP contribution in [0.15, 0.2) is 12.2 Å². The van der Waals surface area contributed by atoms with Crippen molar-refractivity contribution < 1.29 is 113 Å². The maximum atomic E-state index is 12.6. The Morgan fingerprint density at radius 1 is 0.656 bits per heavy atom. The molecule has 8 unspecified atom stereocenters. The van der Waals surface area contributed by atoms with E-state index in [1.807, 2.05) is 0 Å². The van der Waals surface area contributed by atoms with Crippen LogP contribution in [-0.2, 0) is 52.3 Å². The van der Waals surface area contributed by atoms with Crippen molar-refractivity contribution in [3.8, 4) is 0 Å². The van der Waals surface area contributed by atoms with Crippen molar-refractivity contribution in [3.63, 3.8) is 0 Å². The minimum atomic E-state index is -1.88. The molecule has 3 aliphatic heterocycles. The summed E-state index contributed by atoms with van der Waals surface area (Å²) in [5.74, 6) is -5.57. The Balaban J connectivity index is 1.19. The van der Waals surface area contributed by atoms with Gasteiger partial charge in [-0.3, -0.25) is 14.4 Å². The number of carboxylic acid groups (broad SMARTS) is 1. The Morgan fingerprint density at radius 2 is 1.27 bits per heavy atom. The van der Waals surface area contributed by atoms with Crippen LogP contribution in [0.4, 0.5) is 0 Å². The van der Waals surface area contributed by atoms with E-state index in [2.05, 4.69) is 0 Å². The fourth-order valence-electron chi connectivity index (χ4n) is 9.77. The van der Waals surface area contributed by atoms with E-state index in [-0.39, 0.29) is 44.1 Å². The van der Waals surface area contributed by atoms with Crippen molar-refractivity contribution in [1.29, 1.82) is 0 Å². The number of carboxylic acids is 1. The highest BCUT2D eigenvalue weighted by atomic mass is 16.7. The number of rotatable bonds is 14. The molecule has 364 valence electrons. The molecule has 23 heteroatoms. The molecule has 0 aromatic carbocycles. The predicted molar refractivity (Wildman–Crippen MR) is 208 cm³/mol. The second kappa shape index (κ2) is 22.2. The molecule has 3 saturated heterocycles. The van der Waals surface area contributed by atoms with E-state index in [0.29, 0.717) is 25.7 Å². The number of esters is 3. The Kier molecular flexibility index (Phi) is 17.5. The van der Waals surface area contributed by atoms with Crippen LogP contribution >= 0.6 is 0 Å². The fraction of sp³-hybridized carbons (Fsp3) is 0.854. The van der Waals surface area contributed by atoms with E-state index >= 15 is 0 Å². The lowest BCUT2D eigenvalue weighted by Crippen LogP contribution is -2.64. The summed E-state index contributed by atoms with van der Waals surface area (Å²) >= 11 is 0.